The van der Waals surface area contributed by atoms with Gasteiger partial charge in [-0.25, -0.2) is 8.78 Å². The zero-order valence-electron chi connectivity index (χ0n) is 11.0. The second-order valence-corrected chi connectivity index (χ2v) is 5.11. The van der Waals surface area contributed by atoms with Crippen LogP contribution in [0.1, 0.15) is 12.0 Å². The summed E-state index contributed by atoms with van der Waals surface area (Å²) in [4.78, 5) is 11.4. The van der Waals surface area contributed by atoms with Crippen LogP contribution in [-0.2, 0) is 11.2 Å². The van der Waals surface area contributed by atoms with E-state index in [0.29, 0.717) is 12.2 Å². The van der Waals surface area contributed by atoms with Crippen LogP contribution < -0.4 is 10.1 Å². The molecule has 0 heterocycles. The molecule has 1 amide bonds. The number of hydrogen-bond donors (Lipinski definition) is 2. The van der Waals surface area contributed by atoms with Crippen LogP contribution in [0, 0.1) is 0 Å². The van der Waals surface area contributed by atoms with Crippen molar-refractivity contribution < 1.29 is 23.4 Å². The Morgan fingerprint density at radius 3 is 2.75 bits per heavy atom. The summed E-state index contributed by atoms with van der Waals surface area (Å²) < 4.78 is 31.3. The van der Waals surface area contributed by atoms with Crippen molar-refractivity contribution in [2.24, 2.45) is 0 Å². The van der Waals surface area contributed by atoms with Crippen molar-refractivity contribution in [1.82, 2.24) is 5.32 Å². The van der Waals surface area contributed by atoms with E-state index in [0.717, 1.165) is 10.0 Å². The number of aliphatic hydroxyl groups is 1. The summed E-state index contributed by atoms with van der Waals surface area (Å²) >= 11 is 3.33. The van der Waals surface area contributed by atoms with E-state index in [-0.39, 0.29) is 6.42 Å². The molecule has 4 nitrogen and oxygen atoms in total. The SMILES string of the molecule is COc1ccc(CCC(=O)NCC(F)(F)CO)cc1Br. The Kier molecular flexibility index (Phi) is 6.35. The van der Waals surface area contributed by atoms with Gasteiger partial charge in [-0.3, -0.25) is 4.79 Å². The molecule has 0 aliphatic heterocycles. The molecule has 0 atom stereocenters. The minimum atomic E-state index is -3.28. The number of halogens is 3. The lowest BCUT2D eigenvalue weighted by Crippen LogP contribution is -2.39. The van der Waals surface area contributed by atoms with E-state index in [9.17, 15) is 13.6 Å². The molecule has 0 aliphatic carbocycles. The van der Waals surface area contributed by atoms with Gasteiger partial charge in [0, 0.05) is 6.42 Å². The second kappa shape index (κ2) is 7.54. The van der Waals surface area contributed by atoms with Crippen molar-refractivity contribution in [1.29, 1.82) is 0 Å². The summed E-state index contributed by atoms with van der Waals surface area (Å²) in [6.07, 6.45) is 0.527. The summed E-state index contributed by atoms with van der Waals surface area (Å²) in [6.45, 7) is -2.13. The maximum atomic E-state index is 12.7. The molecule has 0 bridgehead atoms. The number of hydrogen-bond acceptors (Lipinski definition) is 3. The van der Waals surface area contributed by atoms with Crippen molar-refractivity contribution in [2.75, 3.05) is 20.3 Å². The van der Waals surface area contributed by atoms with Crippen LogP contribution in [0.2, 0.25) is 0 Å². The lowest BCUT2D eigenvalue weighted by atomic mass is 10.1. The molecule has 20 heavy (non-hydrogen) atoms. The Morgan fingerprint density at radius 2 is 2.20 bits per heavy atom. The Balaban J connectivity index is 2.43. The lowest BCUT2D eigenvalue weighted by molar-refractivity contribution is -0.124. The standard InChI is InChI=1S/C13H16BrF2NO3/c1-20-11-4-2-9(6-10(11)14)3-5-12(19)17-7-13(15,16)8-18/h2,4,6,18H,3,5,7-8H2,1H3,(H,17,19). The van der Waals surface area contributed by atoms with Gasteiger partial charge < -0.3 is 15.2 Å². The maximum Gasteiger partial charge on any atom is 0.287 e. The summed E-state index contributed by atoms with van der Waals surface area (Å²) in [5, 5.41) is 10.5. The van der Waals surface area contributed by atoms with Crippen LogP contribution >= 0.6 is 15.9 Å². The summed E-state index contributed by atoms with van der Waals surface area (Å²) in [6, 6.07) is 5.38. The van der Waals surface area contributed by atoms with E-state index in [1.165, 1.54) is 0 Å². The first-order valence-corrected chi connectivity index (χ1v) is 6.75. The van der Waals surface area contributed by atoms with Crippen molar-refractivity contribution in [3.05, 3.63) is 28.2 Å². The fourth-order valence-corrected chi connectivity index (χ4v) is 2.08. The van der Waals surface area contributed by atoms with Crippen molar-refractivity contribution in [2.45, 2.75) is 18.8 Å². The highest BCUT2D eigenvalue weighted by molar-refractivity contribution is 9.10. The first kappa shape index (κ1) is 16.8. The third-order valence-corrected chi connectivity index (χ3v) is 3.25. The van der Waals surface area contributed by atoms with Gasteiger partial charge in [-0.05, 0) is 40.0 Å². The Hall–Kier alpha value is -1.21. The molecule has 1 aromatic carbocycles. The fourth-order valence-electron chi connectivity index (χ4n) is 1.50. The number of amides is 1. The molecule has 0 saturated carbocycles. The molecule has 0 fully saturated rings. The quantitative estimate of drug-likeness (QED) is 0.791. The molecule has 2 N–H and O–H groups in total. The molecular formula is C13H16BrF2NO3. The van der Waals surface area contributed by atoms with Crippen LogP contribution in [0.15, 0.2) is 22.7 Å². The number of rotatable bonds is 7. The van der Waals surface area contributed by atoms with E-state index < -0.39 is 25.0 Å². The molecule has 1 aromatic rings. The van der Waals surface area contributed by atoms with Crippen LogP contribution in [-0.4, -0.2) is 37.2 Å². The monoisotopic (exact) mass is 351 g/mol. The normalized spacial score (nSPS) is 11.2. The molecule has 0 unspecified atom stereocenters. The van der Waals surface area contributed by atoms with Gasteiger partial charge in [0.1, 0.15) is 12.4 Å². The molecule has 0 spiro atoms. The number of nitrogens with one attached hydrogen (secondary N) is 1. The Bertz CT molecular complexity index is 469. The Labute approximate surface area is 124 Å². The van der Waals surface area contributed by atoms with E-state index in [1.807, 2.05) is 6.07 Å². The van der Waals surface area contributed by atoms with Gasteiger partial charge in [-0.2, -0.15) is 0 Å². The van der Waals surface area contributed by atoms with Gasteiger partial charge in [0.2, 0.25) is 5.91 Å². The van der Waals surface area contributed by atoms with Gasteiger partial charge in [0.05, 0.1) is 18.1 Å². The topological polar surface area (TPSA) is 58.6 Å². The number of aryl methyl sites for hydroxylation is 1. The van der Waals surface area contributed by atoms with Crippen LogP contribution in [0.3, 0.4) is 0 Å². The molecule has 0 aromatic heterocycles. The third-order valence-electron chi connectivity index (χ3n) is 2.63. The van der Waals surface area contributed by atoms with Crippen molar-refractivity contribution in [3.63, 3.8) is 0 Å². The number of benzene rings is 1. The predicted octanol–water partition coefficient (Wildman–Crippen LogP) is 2.13. The number of carbonyl (C=O) groups excluding carboxylic acids is 1. The summed E-state index contributed by atoms with van der Waals surface area (Å²) in [7, 11) is 1.55. The minimum Gasteiger partial charge on any atom is -0.496 e. The van der Waals surface area contributed by atoms with E-state index >= 15 is 0 Å². The molecule has 7 heteroatoms. The van der Waals surface area contributed by atoms with Gasteiger partial charge in [-0.1, -0.05) is 6.07 Å². The third kappa shape index (κ3) is 5.42. The molecule has 0 radical (unpaired) electrons. The first-order chi connectivity index (χ1) is 9.38. The molecule has 0 aliphatic rings. The molecule has 1 rings (SSSR count). The van der Waals surface area contributed by atoms with Crippen LogP contribution in [0.5, 0.6) is 5.75 Å². The number of ether oxygens (including phenoxy) is 1. The maximum absolute atomic E-state index is 12.7. The Morgan fingerprint density at radius 1 is 1.50 bits per heavy atom. The summed E-state index contributed by atoms with van der Waals surface area (Å²) in [5.74, 6) is -3.08. The minimum absolute atomic E-state index is 0.0975. The number of alkyl halides is 2. The van der Waals surface area contributed by atoms with Gasteiger partial charge in [0.25, 0.3) is 5.92 Å². The lowest BCUT2D eigenvalue weighted by Gasteiger charge is -2.14. The number of aliphatic hydroxyl groups excluding tert-OH is 1. The molecule has 112 valence electrons. The van der Waals surface area contributed by atoms with E-state index in [4.69, 9.17) is 9.84 Å². The average Bonchev–Trinajstić information content (AvgIpc) is 2.43. The zero-order valence-corrected chi connectivity index (χ0v) is 12.5. The van der Waals surface area contributed by atoms with E-state index in [2.05, 4.69) is 21.2 Å². The van der Waals surface area contributed by atoms with Gasteiger partial charge in [-0.15, -0.1) is 0 Å². The van der Waals surface area contributed by atoms with E-state index in [1.54, 1.807) is 19.2 Å². The van der Waals surface area contributed by atoms with Gasteiger partial charge in [0.15, 0.2) is 0 Å². The zero-order chi connectivity index (χ0) is 15.2. The van der Waals surface area contributed by atoms with Crippen molar-refractivity contribution >= 4 is 21.8 Å². The smallest absolute Gasteiger partial charge is 0.287 e. The highest BCUT2D eigenvalue weighted by atomic mass is 79.9. The molecular weight excluding hydrogens is 336 g/mol. The largest absolute Gasteiger partial charge is 0.496 e. The second-order valence-electron chi connectivity index (χ2n) is 4.26. The van der Waals surface area contributed by atoms with Crippen LogP contribution in [0.25, 0.3) is 0 Å². The fraction of sp³-hybridized carbons (Fsp3) is 0.462. The first-order valence-electron chi connectivity index (χ1n) is 5.96. The highest BCUT2D eigenvalue weighted by Gasteiger charge is 2.27. The number of methoxy groups -OCH3 is 1. The average molecular weight is 352 g/mol. The summed E-state index contributed by atoms with van der Waals surface area (Å²) in [5.41, 5.74) is 0.891. The van der Waals surface area contributed by atoms with Gasteiger partial charge >= 0.3 is 0 Å². The highest BCUT2D eigenvalue weighted by Crippen LogP contribution is 2.25. The van der Waals surface area contributed by atoms with Crippen LogP contribution in [0.4, 0.5) is 8.78 Å². The predicted molar refractivity (Wildman–Crippen MR) is 74.1 cm³/mol. The van der Waals surface area contributed by atoms with Crippen molar-refractivity contribution in [3.8, 4) is 5.75 Å². The number of carbonyl (C=O) groups is 1. The molecule has 0 saturated heterocycles.